The number of hydrogen-bond donors (Lipinski definition) is 3. The van der Waals surface area contributed by atoms with E-state index >= 15 is 4.79 Å². The second-order valence-electron chi connectivity index (χ2n) is 19.7. The molecule has 4 aromatic carbocycles. The number of aliphatic hydroxyl groups is 3. The van der Waals surface area contributed by atoms with Crippen molar-refractivity contribution in [2.24, 2.45) is 11.8 Å². The van der Waals surface area contributed by atoms with E-state index in [1.165, 1.54) is 16.7 Å². The molecule has 0 amide bonds. The van der Waals surface area contributed by atoms with Gasteiger partial charge in [0.2, 0.25) is 0 Å². The first-order chi connectivity index (χ1) is 33.1. The monoisotopic (exact) mass is 924 g/mol. The standard InChI is InChI=1S/C57H64O11/c1-35(32-59)46-22-17-36-15-18-39(19-16-36)47-23-20-41(40-12-8-11-38(28-40)27-37-9-4-3-5-10-37)29-44(47)31-50(61)65-53-51-49(68-57(2,45-13-6-7-14-45)54(53)67-55(46)62)24-21-42-30-48(56(63)66-52(42)51)43(25-26-58)33-64-34-60/h3-5,8-12,15-16,18-19,21,24,28,30,41,43-45,47,53-54,58-60H,6-7,13-14,17,20,22-23,25-27,29,31-34H2,1-2H3/b46-35-/t41-,43-,44+,47-,53-,54+,57+/m1/s1. The Hall–Kier alpha value is -5.59. The van der Waals surface area contributed by atoms with Gasteiger partial charge in [-0.1, -0.05) is 91.7 Å². The van der Waals surface area contributed by atoms with E-state index < -0.39 is 48.1 Å². The Kier molecular flexibility index (Phi) is 14.6. The second-order valence-corrected chi connectivity index (χ2v) is 19.7. The van der Waals surface area contributed by atoms with Crippen LogP contribution in [0.4, 0.5) is 0 Å². The number of aryl methyl sites for hydroxylation is 1. The maximum atomic E-state index is 15.1. The number of benzene rings is 4. The lowest BCUT2D eigenvalue weighted by Crippen LogP contribution is -2.58. The minimum absolute atomic E-state index is 0.0192. The molecule has 3 aliphatic heterocycles. The summed E-state index contributed by atoms with van der Waals surface area (Å²) in [6.07, 6.45) is 5.71. The molecule has 0 saturated heterocycles. The maximum Gasteiger partial charge on any atom is 0.339 e. The molecule has 11 nitrogen and oxygen atoms in total. The van der Waals surface area contributed by atoms with Gasteiger partial charge in [0.15, 0.2) is 12.2 Å². The van der Waals surface area contributed by atoms with E-state index in [2.05, 4.69) is 72.8 Å². The van der Waals surface area contributed by atoms with E-state index in [1.54, 1.807) is 25.1 Å². The number of rotatable bonds is 11. The van der Waals surface area contributed by atoms with Gasteiger partial charge in [0.1, 0.15) is 23.7 Å². The highest BCUT2D eigenvalue weighted by molar-refractivity contribution is 5.90. The van der Waals surface area contributed by atoms with Crippen molar-refractivity contribution < 1.29 is 48.3 Å². The van der Waals surface area contributed by atoms with Crippen molar-refractivity contribution in [3.63, 3.8) is 0 Å². The SMILES string of the molecule is C/C(CO)=C1\CCc2ccc(cc2)[C@H]2CC[C@@H](c3cccc(Cc4ccccc4)c3)C[C@H]2CC(=O)O[C@@H]2c3c(ccc4cc([C@H](CCO)COCO)c(=O)oc34)O[C@@](C)(C3CCCC3)[C@H]2OC1=O. The minimum Gasteiger partial charge on any atom is -0.483 e. The molecule has 0 radical (unpaired) electrons. The number of ether oxygens (including phenoxy) is 4. The zero-order valence-corrected chi connectivity index (χ0v) is 39.2. The van der Waals surface area contributed by atoms with Gasteiger partial charge in [0.05, 0.1) is 18.8 Å². The van der Waals surface area contributed by atoms with Gasteiger partial charge in [-0.3, -0.25) is 4.79 Å². The molecule has 0 unspecified atom stereocenters. The van der Waals surface area contributed by atoms with Crippen LogP contribution >= 0.6 is 0 Å². The summed E-state index contributed by atoms with van der Waals surface area (Å²) < 4.78 is 32.1. The molecule has 5 aliphatic rings. The molecule has 68 heavy (non-hydrogen) atoms. The van der Waals surface area contributed by atoms with Crippen LogP contribution in [0.25, 0.3) is 11.0 Å². The number of carbonyl (C=O) groups excluding carboxylic acids is 2. The van der Waals surface area contributed by atoms with Crippen LogP contribution < -0.4 is 10.4 Å². The quantitative estimate of drug-likeness (QED) is 0.0501. The van der Waals surface area contributed by atoms with Gasteiger partial charge in [-0.05, 0) is 141 Å². The fourth-order valence-corrected chi connectivity index (χ4v) is 11.8. The molecule has 2 bridgehead atoms. The maximum absolute atomic E-state index is 15.1. The van der Waals surface area contributed by atoms with Crippen LogP contribution in [-0.2, 0) is 36.6 Å². The molecule has 7 atom stereocenters. The Morgan fingerprint density at radius 3 is 2.35 bits per heavy atom. The van der Waals surface area contributed by atoms with Crippen LogP contribution in [0.3, 0.4) is 0 Å². The van der Waals surface area contributed by atoms with Gasteiger partial charge < -0.3 is 38.7 Å². The van der Waals surface area contributed by atoms with Crippen LogP contribution in [-0.4, -0.2) is 65.6 Å². The summed E-state index contributed by atoms with van der Waals surface area (Å²) in [4.78, 5) is 43.9. The van der Waals surface area contributed by atoms with E-state index in [1.807, 2.05) is 13.0 Å². The summed E-state index contributed by atoms with van der Waals surface area (Å²) in [6, 6.07) is 33.1. The fourth-order valence-electron chi connectivity index (χ4n) is 11.8. The molecule has 2 saturated carbocycles. The molecular weight excluding hydrogens is 861 g/mol. The van der Waals surface area contributed by atoms with E-state index in [4.69, 9.17) is 23.4 Å². The average Bonchev–Trinajstić information content (AvgIpc) is 3.91. The molecular formula is C57H64O11. The molecule has 4 heterocycles. The van der Waals surface area contributed by atoms with Crippen molar-refractivity contribution in [2.75, 3.05) is 26.6 Å². The largest absolute Gasteiger partial charge is 0.483 e. The summed E-state index contributed by atoms with van der Waals surface area (Å²) in [5, 5.41) is 30.3. The smallest absolute Gasteiger partial charge is 0.339 e. The van der Waals surface area contributed by atoms with Crippen LogP contribution in [0.1, 0.15) is 141 Å². The Balaban J connectivity index is 1.15. The average molecular weight is 925 g/mol. The highest BCUT2D eigenvalue weighted by Gasteiger charge is 2.57. The highest BCUT2D eigenvalue weighted by Crippen LogP contribution is 2.53. The van der Waals surface area contributed by atoms with Crippen LogP contribution in [0.15, 0.2) is 117 Å². The predicted octanol–water partition coefficient (Wildman–Crippen LogP) is 9.67. The molecule has 5 aromatic rings. The van der Waals surface area contributed by atoms with Crippen LogP contribution in [0.2, 0.25) is 0 Å². The number of carbonyl (C=O) groups is 2. The first kappa shape index (κ1) is 47.5. The highest BCUT2D eigenvalue weighted by atomic mass is 16.6. The van der Waals surface area contributed by atoms with Crippen molar-refractivity contribution in [3.8, 4) is 5.75 Å². The van der Waals surface area contributed by atoms with Crippen LogP contribution in [0.5, 0.6) is 5.75 Å². The number of aliphatic hydroxyl groups excluding tert-OH is 3. The predicted molar refractivity (Wildman–Crippen MR) is 257 cm³/mol. The third kappa shape index (κ3) is 9.95. The normalized spacial score (nSPS) is 25.7. The Bertz CT molecular complexity index is 2660. The second kappa shape index (κ2) is 21.0. The van der Waals surface area contributed by atoms with Crippen molar-refractivity contribution in [1.29, 1.82) is 0 Å². The van der Waals surface area contributed by atoms with Crippen molar-refractivity contribution >= 4 is 22.9 Å². The topological polar surface area (TPSA) is 162 Å². The third-order valence-corrected chi connectivity index (χ3v) is 15.5. The third-order valence-electron chi connectivity index (χ3n) is 15.5. The van der Waals surface area contributed by atoms with Crippen LogP contribution in [0, 0.1) is 11.8 Å². The van der Waals surface area contributed by atoms with Gasteiger partial charge >= 0.3 is 17.6 Å². The summed E-state index contributed by atoms with van der Waals surface area (Å²) >= 11 is 0. The molecule has 358 valence electrons. The lowest BCUT2D eigenvalue weighted by Gasteiger charge is -2.48. The van der Waals surface area contributed by atoms with E-state index in [0.29, 0.717) is 40.7 Å². The fraction of sp³-hybridized carbons (Fsp3) is 0.456. The van der Waals surface area contributed by atoms with Crippen molar-refractivity contribution in [1.82, 2.24) is 0 Å². The van der Waals surface area contributed by atoms with Crippen molar-refractivity contribution in [3.05, 3.63) is 158 Å². The molecule has 1 aromatic heterocycles. The van der Waals surface area contributed by atoms with Crippen molar-refractivity contribution in [2.45, 2.75) is 126 Å². The zero-order valence-electron chi connectivity index (χ0n) is 39.2. The molecule has 10 rings (SSSR count). The Morgan fingerprint density at radius 2 is 1.60 bits per heavy atom. The Labute approximate surface area is 398 Å². The summed E-state index contributed by atoms with van der Waals surface area (Å²) in [5.41, 5.74) is 5.64. The van der Waals surface area contributed by atoms with Gasteiger partial charge in [0.25, 0.3) is 0 Å². The molecule has 2 fully saturated rings. The minimum atomic E-state index is -1.24. The summed E-state index contributed by atoms with van der Waals surface area (Å²) in [5.74, 6) is -1.15. The van der Waals surface area contributed by atoms with E-state index in [9.17, 15) is 24.9 Å². The van der Waals surface area contributed by atoms with Gasteiger partial charge in [0, 0.05) is 41.4 Å². The lowest BCUT2D eigenvalue weighted by molar-refractivity contribution is -0.199. The zero-order chi connectivity index (χ0) is 47.4. The number of hydrogen-bond acceptors (Lipinski definition) is 11. The van der Waals surface area contributed by atoms with E-state index in [0.717, 1.165) is 62.5 Å². The van der Waals surface area contributed by atoms with Gasteiger partial charge in [-0.15, -0.1) is 0 Å². The van der Waals surface area contributed by atoms with Gasteiger partial charge in [-0.25, -0.2) is 9.59 Å². The molecule has 2 aliphatic carbocycles. The molecule has 11 heteroatoms. The van der Waals surface area contributed by atoms with E-state index in [-0.39, 0.29) is 67.5 Å². The van der Waals surface area contributed by atoms with Gasteiger partial charge in [-0.2, -0.15) is 0 Å². The first-order valence-electron chi connectivity index (χ1n) is 24.6. The molecule has 3 N–H and O–H groups in total. The Morgan fingerprint density at radius 1 is 0.824 bits per heavy atom. The first-order valence-corrected chi connectivity index (χ1v) is 24.6. The summed E-state index contributed by atoms with van der Waals surface area (Å²) in [7, 11) is 0. The number of esters is 2. The summed E-state index contributed by atoms with van der Waals surface area (Å²) in [6.45, 7) is 2.53. The number of fused-ring (bicyclic) bond motifs is 11. The molecule has 0 spiro atoms. The lowest BCUT2D eigenvalue weighted by atomic mass is 9.68.